The lowest BCUT2D eigenvalue weighted by atomic mass is 10.2. The fourth-order valence-corrected chi connectivity index (χ4v) is 3.26. The van der Waals surface area contributed by atoms with Gasteiger partial charge in [0, 0.05) is 18.1 Å². The molecule has 0 aliphatic rings. The number of thiazole rings is 1. The van der Waals surface area contributed by atoms with E-state index in [4.69, 9.17) is 16.3 Å². The van der Waals surface area contributed by atoms with Gasteiger partial charge in [0.15, 0.2) is 21.9 Å². The zero-order valence-corrected chi connectivity index (χ0v) is 15.7. The van der Waals surface area contributed by atoms with Crippen LogP contribution in [0.2, 0.25) is 5.15 Å². The third-order valence-corrected chi connectivity index (χ3v) is 4.62. The van der Waals surface area contributed by atoms with Crippen molar-refractivity contribution in [3.8, 4) is 0 Å². The Morgan fingerprint density at radius 2 is 2.04 bits per heavy atom. The van der Waals surface area contributed by atoms with E-state index in [1.165, 1.54) is 22.7 Å². The Bertz CT molecular complexity index is 985. The lowest BCUT2D eigenvalue weighted by Gasteiger charge is -2.13. The van der Waals surface area contributed by atoms with Crippen LogP contribution in [0.15, 0.2) is 41.9 Å². The van der Waals surface area contributed by atoms with Gasteiger partial charge < -0.3 is 10.1 Å². The molecule has 140 valence electrons. The normalized spacial score (nSPS) is 11.8. The van der Waals surface area contributed by atoms with Gasteiger partial charge in [0.25, 0.3) is 5.91 Å². The number of ether oxygens (including phenoxy) is 1. The fraction of sp³-hybridized carbons (Fsp3) is 0.176. The molecule has 0 aliphatic carbocycles. The number of halogens is 1. The smallest absolute Gasteiger partial charge is 0.359 e. The standard InChI is InChI=1S/C17H15ClN4O4S/c1-10(14(23)21-16(25)19-9-11-5-3-2-4-6-11)26-15(24)12-13(18)20-17-22(12)7-8-27-17/h2-8,10H,9H2,1H3,(H2,19,21,23,25)/t10-/m0/s1. The minimum Gasteiger partial charge on any atom is -0.448 e. The quantitative estimate of drug-likeness (QED) is 0.634. The van der Waals surface area contributed by atoms with Gasteiger partial charge in [-0.2, -0.15) is 0 Å². The van der Waals surface area contributed by atoms with Crippen LogP contribution in [0.3, 0.4) is 0 Å². The number of carbonyl (C=O) groups is 3. The van der Waals surface area contributed by atoms with Gasteiger partial charge in [0.05, 0.1) is 0 Å². The van der Waals surface area contributed by atoms with Crippen molar-refractivity contribution in [2.45, 2.75) is 19.6 Å². The largest absolute Gasteiger partial charge is 0.448 e. The number of esters is 1. The Kier molecular flexibility index (Phi) is 5.72. The maximum atomic E-state index is 12.3. The zero-order valence-electron chi connectivity index (χ0n) is 14.1. The first-order valence-corrected chi connectivity index (χ1v) is 9.16. The molecule has 2 heterocycles. The monoisotopic (exact) mass is 406 g/mol. The van der Waals surface area contributed by atoms with Crippen molar-refractivity contribution >= 4 is 45.8 Å². The summed E-state index contributed by atoms with van der Waals surface area (Å²) in [6.07, 6.45) is 0.428. The lowest BCUT2D eigenvalue weighted by Crippen LogP contribution is -2.44. The van der Waals surface area contributed by atoms with E-state index in [9.17, 15) is 14.4 Å². The number of carbonyl (C=O) groups excluding carboxylic acids is 3. The summed E-state index contributed by atoms with van der Waals surface area (Å²) in [4.78, 5) is 40.8. The predicted octanol–water partition coefficient (Wildman–Crippen LogP) is 2.62. The molecule has 0 bridgehead atoms. The van der Waals surface area contributed by atoms with E-state index >= 15 is 0 Å². The van der Waals surface area contributed by atoms with Gasteiger partial charge in [-0.3, -0.25) is 14.5 Å². The average Bonchev–Trinajstić information content (AvgIpc) is 3.20. The molecule has 2 aromatic heterocycles. The number of imide groups is 1. The van der Waals surface area contributed by atoms with Gasteiger partial charge in [0.2, 0.25) is 0 Å². The zero-order chi connectivity index (χ0) is 19.4. The first-order chi connectivity index (χ1) is 13.0. The number of nitrogens with one attached hydrogen (secondary N) is 2. The van der Waals surface area contributed by atoms with Crippen LogP contribution in [-0.2, 0) is 16.1 Å². The molecule has 3 aromatic rings. The summed E-state index contributed by atoms with van der Waals surface area (Å²) in [6.45, 7) is 1.62. The second-order valence-corrected chi connectivity index (χ2v) is 6.74. The summed E-state index contributed by atoms with van der Waals surface area (Å²) < 4.78 is 6.59. The van der Waals surface area contributed by atoms with Crippen molar-refractivity contribution in [1.29, 1.82) is 0 Å². The summed E-state index contributed by atoms with van der Waals surface area (Å²) in [5, 5.41) is 6.40. The number of benzene rings is 1. The van der Waals surface area contributed by atoms with E-state index in [0.717, 1.165) is 5.56 Å². The van der Waals surface area contributed by atoms with Crippen molar-refractivity contribution < 1.29 is 19.1 Å². The van der Waals surface area contributed by atoms with E-state index in [0.29, 0.717) is 4.96 Å². The number of hydrogen-bond acceptors (Lipinski definition) is 6. The number of nitrogens with zero attached hydrogens (tertiary/aromatic N) is 2. The topological polar surface area (TPSA) is 102 Å². The summed E-state index contributed by atoms with van der Waals surface area (Å²) in [5.41, 5.74) is 0.913. The molecule has 27 heavy (non-hydrogen) atoms. The highest BCUT2D eigenvalue weighted by Crippen LogP contribution is 2.22. The van der Waals surface area contributed by atoms with Crippen molar-refractivity contribution in [1.82, 2.24) is 20.0 Å². The number of hydrogen-bond donors (Lipinski definition) is 2. The first kappa shape index (κ1) is 18.9. The molecular formula is C17H15ClN4O4S. The second kappa shape index (κ2) is 8.19. The second-order valence-electron chi connectivity index (χ2n) is 5.51. The molecule has 0 saturated heterocycles. The molecule has 0 saturated carbocycles. The fourth-order valence-electron chi connectivity index (χ4n) is 2.25. The number of fused-ring (bicyclic) bond motifs is 1. The summed E-state index contributed by atoms with van der Waals surface area (Å²) in [5.74, 6) is -1.56. The highest BCUT2D eigenvalue weighted by molar-refractivity contribution is 7.15. The van der Waals surface area contributed by atoms with Crippen LogP contribution in [-0.4, -0.2) is 33.4 Å². The minimum atomic E-state index is -1.19. The van der Waals surface area contributed by atoms with Gasteiger partial charge in [-0.1, -0.05) is 41.9 Å². The Morgan fingerprint density at radius 3 is 2.78 bits per heavy atom. The first-order valence-electron chi connectivity index (χ1n) is 7.90. The van der Waals surface area contributed by atoms with E-state index in [-0.39, 0.29) is 17.4 Å². The number of imidazole rings is 1. The maximum absolute atomic E-state index is 12.3. The molecule has 0 fully saturated rings. The van der Waals surface area contributed by atoms with E-state index in [1.807, 2.05) is 30.3 Å². The van der Waals surface area contributed by atoms with Gasteiger partial charge in [-0.25, -0.2) is 14.6 Å². The molecular weight excluding hydrogens is 392 g/mol. The van der Waals surface area contributed by atoms with E-state index in [2.05, 4.69) is 15.6 Å². The molecule has 1 atom stereocenters. The molecule has 8 nitrogen and oxygen atoms in total. The van der Waals surface area contributed by atoms with E-state index in [1.54, 1.807) is 11.6 Å². The van der Waals surface area contributed by atoms with E-state index < -0.39 is 24.0 Å². The number of amides is 3. The summed E-state index contributed by atoms with van der Waals surface area (Å²) in [7, 11) is 0. The Morgan fingerprint density at radius 1 is 1.30 bits per heavy atom. The average molecular weight is 407 g/mol. The predicted molar refractivity (Wildman–Crippen MR) is 99.8 cm³/mol. The summed E-state index contributed by atoms with van der Waals surface area (Å²) in [6, 6.07) is 8.54. The van der Waals surface area contributed by atoms with Crippen LogP contribution in [0.5, 0.6) is 0 Å². The molecule has 3 amide bonds. The van der Waals surface area contributed by atoms with Crippen molar-refractivity contribution in [3.63, 3.8) is 0 Å². The van der Waals surface area contributed by atoms with Gasteiger partial charge in [0.1, 0.15) is 0 Å². The minimum absolute atomic E-state index is 0.0138. The number of urea groups is 1. The van der Waals surface area contributed by atoms with Crippen LogP contribution >= 0.6 is 22.9 Å². The molecule has 0 unspecified atom stereocenters. The molecule has 1 aromatic carbocycles. The molecule has 3 rings (SSSR count). The van der Waals surface area contributed by atoms with Crippen molar-refractivity contribution in [2.75, 3.05) is 0 Å². The lowest BCUT2D eigenvalue weighted by molar-refractivity contribution is -0.127. The SMILES string of the molecule is C[C@H](OC(=O)c1c(Cl)nc2sccn12)C(=O)NC(=O)NCc1ccccc1. The van der Waals surface area contributed by atoms with Gasteiger partial charge in [-0.05, 0) is 12.5 Å². The number of rotatable bonds is 5. The van der Waals surface area contributed by atoms with Crippen LogP contribution in [0.4, 0.5) is 4.79 Å². The Hall–Kier alpha value is -2.91. The Labute approximate surface area is 163 Å². The number of aromatic nitrogens is 2. The summed E-state index contributed by atoms with van der Waals surface area (Å²) >= 11 is 7.26. The molecule has 0 aliphatic heterocycles. The molecule has 0 spiro atoms. The molecule has 10 heteroatoms. The van der Waals surface area contributed by atoms with Crippen LogP contribution in [0.1, 0.15) is 23.0 Å². The van der Waals surface area contributed by atoms with Gasteiger partial charge in [-0.15, -0.1) is 11.3 Å². The van der Waals surface area contributed by atoms with Crippen molar-refractivity contribution in [2.24, 2.45) is 0 Å². The van der Waals surface area contributed by atoms with Crippen LogP contribution < -0.4 is 10.6 Å². The Balaban J connectivity index is 1.54. The maximum Gasteiger partial charge on any atom is 0.359 e. The highest BCUT2D eigenvalue weighted by atomic mass is 35.5. The highest BCUT2D eigenvalue weighted by Gasteiger charge is 2.25. The van der Waals surface area contributed by atoms with Crippen molar-refractivity contribution in [3.05, 3.63) is 58.3 Å². The van der Waals surface area contributed by atoms with Gasteiger partial charge >= 0.3 is 12.0 Å². The molecule has 0 radical (unpaired) electrons. The van der Waals surface area contributed by atoms with Crippen LogP contribution in [0.25, 0.3) is 4.96 Å². The third-order valence-electron chi connectivity index (χ3n) is 3.60. The van der Waals surface area contributed by atoms with Crippen LogP contribution in [0, 0.1) is 0 Å². The molecule has 2 N–H and O–H groups in total. The third kappa shape index (κ3) is 4.44.